The predicted molar refractivity (Wildman–Crippen MR) is 87.5 cm³/mol. The van der Waals surface area contributed by atoms with Crippen LogP contribution in [0.4, 0.5) is 11.4 Å². The summed E-state index contributed by atoms with van der Waals surface area (Å²) >= 11 is 0. The third kappa shape index (κ3) is 2.72. The third-order valence-corrected chi connectivity index (χ3v) is 3.46. The van der Waals surface area contributed by atoms with Crippen LogP contribution in [0.25, 0.3) is 10.8 Å². The Balaban J connectivity index is 1.89. The van der Waals surface area contributed by atoms with Crippen LogP contribution in [0.3, 0.4) is 0 Å². The van der Waals surface area contributed by atoms with Crippen molar-refractivity contribution in [2.45, 2.75) is 6.92 Å². The maximum atomic E-state index is 12.3. The first-order valence-electron chi connectivity index (χ1n) is 6.80. The first-order chi connectivity index (χ1) is 10.1. The van der Waals surface area contributed by atoms with E-state index in [1.165, 1.54) is 0 Å². The molecule has 0 spiro atoms. The van der Waals surface area contributed by atoms with E-state index in [0.29, 0.717) is 11.3 Å². The standard InChI is InChI=1S/C18H16N2O/c1-12-6-9-16(17(19)10-12)18(21)20-15-8-7-13-4-2-3-5-14(13)11-15/h2-11H,19H2,1H3,(H,20,21). The van der Waals surface area contributed by atoms with Crippen molar-refractivity contribution < 1.29 is 4.79 Å². The number of hydrogen-bond donors (Lipinski definition) is 2. The minimum atomic E-state index is -0.192. The molecule has 0 unspecified atom stereocenters. The SMILES string of the molecule is Cc1ccc(C(=O)Nc2ccc3ccccc3c2)c(N)c1. The lowest BCUT2D eigenvalue weighted by Gasteiger charge is -2.09. The van der Waals surface area contributed by atoms with Gasteiger partial charge in [0.15, 0.2) is 0 Å². The fourth-order valence-corrected chi connectivity index (χ4v) is 2.35. The lowest BCUT2D eigenvalue weighted by atomic mass is 10.1. The summed E-state index contributed by atoms with van der Waals surface area (Å²) in [5.41, 5.74) is 8.69. The van der Waals surface area contributed by atoms with E-state index in [4.69, 9.17) is 5.73 Å². The second-order valence-electron chi connectivity index (χ2n) is 5.11. The smallest absolute Gasteiger partial charge is 0.257 e. The summed E-state index contributed by atoms with van der Waals surface area (Å²) in [6.45, 7) is 1.95. The van der Waals surface area contributed by atoms with Crippen LogP contribution >= 0.6 is 0 Å². The molecule has 104 valence electrons. The minimum Gasteiger partial charge on any atom is -0.398 e. The van der Waals surface area contributed by atoms with Gasteiger partial charge in [0.2, 0.25) is 0 Å². The Kier molecular flexibility index (Phi) is 3.32. The van der Waals surface area contributed by atoms with E-state index in [9.17, 15) is 4.79 Å². The zero-order valence-corrected chi connectivity index (χ0v) is 11.8. The van der Waals surface area contributed by atoms with Gasteiger partial charge in [0.25, 0.3) is 5.91 Å². The average molecular weight is 276 g/mol. The number of amides is 1. The van der Waals surface area contributed by atoms with Crippen LogP contribution in [-0.2, 0) is 0 Å². The number of rotatable bonds is 2. The molecule has 21 heavy (non-hydrogen) atoms. The van der Waals surface area contributed by atoms with Crippen LogP contribution in [0.15, 0.2) is 60.7 Å². The van der Waals surface area contributed by atoms with E-state index in [-0.39, 0.29) is 5.91 Å². The highest BCUT2D eigenvalue weighted by Crippen LogP contribution is 2.21. The van der Waals surface area contributed by atoms with Crippen LogP contribution in [0.5, 0.6) is 0 Å². The first-order valence-corrected chi connectivity index (χ1v) is 6.80. The van der Waals surface area contributed by atoms with Gasteiger partial charge in [-0.1, -0.05) is 36.4 Å². The molecule has 3 aromatic carbocycles. The summed E-state index contributed by atoms with van der Waals surface area (Å²) in [5.74, 6) is -0.192. The van der Waals surface area contributed by atoms with E-state index in [0.717, 1.165) is 22.0 Å². The zero-order valence-electron chi connectivity index (χ0n) is 11.8. The van der Waals surface area contributed by atoms with Gasteiger partial charge in [0.05, 0.1) is 5.56 Å². The quantitative estimate of drug-likeness (QED) is 0.695. The van der Waals surface area contributed by atoms with E-state index in [1.807, 2.05) is 55.5 Å². The van der Waals surface area contributed by atoms with Crippen molar-refractivity contribution in [3.63, 3.8) is 0 Å². The van der Waals surface area contributed by atoms with Gasteiger partial charge in [-0.15, -0.1) is 0 Å². The first kappa shape index (κ1) is 13.2. The molecule has 3 nitrogen and oxygen atoms in total. The number of anilines is 2. The zero-order chi connectivity index (χ0) is 14.8. The number of nitrogen functional groups attached to an aromatic ring is 1. The molecular formula is C18H16N2O. The molecule has 0 aliphatic heterocycles. The summed E-state index contributed by atoms with van der Waals surface area (Å²) in [7, 11) is 0. The Morgan fingerprint density at radius 2 is 1.71 bits per heavy atom. The van der Waals surface area contributed by atoms with E-state index in [1.54, 1.807) is 12.1 Å². The van der Waals surface area contributed by atoms with Crippen molar-refractivity contribution in [1.29, 1.82) is 0 Å². The topological polar surface area (TPSA) is 55.1 Å². The molecule has 3 N–H and O–H groups in total. The Labute approximate surface area is 123 Å². The Hall–Kier alpha value is -2.81. The number of carbonyl (C=O) groups is 1. The second kappa shape index (κ2) is 5.29. The summed E-state index contributed by atoms with van der Waals surface area (Å²) in [5, 5.41) is 5.13. The number of nitrogens with two attached hydrogens (primary N) is 1. The third-order valence-electron chi connectivity index (χ3n) is 3.46. The van der Waals surface area contributed by atoms with Crippen molar-refractivity contribution in [3.8, 4) is 0 Å². The molecule has 0 aliphatic carbocycles. The van der Waals surface area contributed by atoms with E-state index < -0.39 is 0 Å². The molecule has 3 rings (SSSR count). The summed E-state index contributed by atoms with van der Waals surface area (Å²) in [4.78, 5) is 12.3. The van der Waals surface area contributed by atoms with Gasteiger partial charge in [0, 0.05) is 11.4 Å². The maximum Gasteiger partial charge on any atom is 0.257 e. The molecule has 0 atom stereocenters. The molecular weight excluding hydrogens is 260 g/mol. The summed E-state index contributed by atoms with van der Waals surface area (Å²) in [6.07, 6.45) is 0. The van der Waals surface area contributed by atoms with Crippen LogP contribution in [0.1, 0.15) is 15.9 Å². The van der Waals surface area contributed by atoms with Crippen LogP contribution in [0.2, 0.25) is 0 Å². The van der Waals surface area contributed by atoms with E-state index >= 15 is 0 Å². The van der Waals surface area contributed by atoms with Crippen molar-refractivity contribution in [1.82, 2.24) is 0 Å². The Bertz CT molecular complexity index is 824. The molecule has 0 saturated carbocycles. The van der Waals surface area contributed by atoms with Crippen molar-refractivity contribution in [2.75, 3.05) is 11.1 Å². The number of aryl methyl sites for hydroxylation is 1. The largest absolute Gasteiger partial charge is 0.398 e. The normalized spacial score (nSPS) is 10.5. The van der Waals surface area contributed by atoms with Gasteiger partial charge >= 0.3 is 0 Å². The lowest BCUT2D eigenvalue weighted by Crippen LogP contribution is -2.14. The molecule has 3 heteroatoms. The number of hydrogen-bond acceptors (Lipinski definition) is 2. The predicted octanol–water partition coefficient (Wildman–Crippen LogP) is 3.98. The van der Waals surface area contributed by atoms with Gasteiger partial charge in [-0.05, 0) is 47.5 Å². The molecule has 0 bridgehead atoms. The number of fused-ring (bicyclic) bond motifs is 1. The van der Waals surface area contributed by atoms with Crippen LogP contribution in [-0.4, -0.2) is 5.91 Å². The van der Waals surface area contributed by atoms with Crippen molar-refractivity contribution in [3.05, 3.63) is 71.8 Å². The maximum absolute atomic E-state index is 12.3. The second-order valence-corrected chi connectivity index (χ2v) is 5.11. The van der Waals surface area contributed by atoms with Crippen molar-refractivity contribution >= 4 is 28.1 Å². The molecule has 0 saturated heterocycles. The van der Waals surface area contributed by atoms with Gasteiger partial charge in [-0.25, -0.2) is 0 Å². The fourth-order valence-electron chi connectivity index (χ4n) is 2.35. The number of carbonyl (C=O) groups excluding carboxylic acids is 1. The highest BCUT2D eigenvalue weighted by Gasteiger charge is 2.10. The minimum absolute atomic E-state index is 0.192. The molecule has 1 amide bonds. The highest BCUT2D eigenvalue weighted by molar-refractivity contribution is 6.08. The molecule has 0 heterocycles. The summed E-state index contributed by atoms with van der Waals surface area (Å²) in [6, 6.07) is 19.3. The van der Waals surface area contributed by atoms with Crippen LogP contribution < -0.4 is 11.1 Å². The van der Waals surface area contributed by atoms with Gasteiger partial charge in [0.1, 0.15) is 0 Å². The Morgan fingerprint density at radius 1 is 0.952 bits per heavy atom. The molecule has 0 fully saturated rings. The number of benzene rings is 3. The van der Waals surface area contributed by atoms with Crippen LogP contribution in [0, 0.1) is 6.92 Å². The fraction of sp³-hybridized carbons (Fsp3) is 0.0556. The van der Waals surface area contributed by atoms with Gasteiger partial charge in [-0.3, -0.25) is 4.79 Å². The van der Waals surface area contributed by atoms with Gasteiger partial charge in [-0.2, -0.15) is 0 Å². The molecule has 0 radical (unpaired) electrons. The molecule has 0 aromatic heterocycles. The lowest BCUT2D eigenvalue weighted by molar-refractivity contribution is 0.102. The highest BCUT2D eigenvalue weighted by atomic mass is 16.1. The summed E-state index contributed by atoms with van der Waals surface area (Å²) < 4.78 is 0. The monoisotopic (exact) mass is 276 g/mol. The average Bonchev–Trinajstić information content (AvgIpc) is 2.47. The van der Waals surface area contributed by atoms with Crippen molar-refractivity contribution in [2.24, 2.45) is 0 Å². The molecule has 3 aromatic rings. The van der Waals surface area contributed by atoms with E-state index in [2.05, 4.69) is 5.32 Å². The van der Waals surface area contributed by atoms with Gasteiger partial charge < -0.3 is 11.1 Å². The number of nitrogens with one attached hydrogen (secondary N) is 1. The molecule has 0 aliphatic rings. The Morgan fingerprint density at radius 3 is 2.48 bits per heavy atom.